The van der Waals surface area contributed by atoms with Gasteiger partial charge in [0.15, 0.2) is 0 Å². The normalized spacial score (nSPS) is 15.8. The molecule has 146 valence electrons. The molecule has 2 aromatic rings. The van der Waals surface area contributed by atoms with E-state index in [0.717, 1.165) is 17.5 Å². The van der Waals surface area contributed by atoms with E-state index in [-0.39, 0.29) is 12.5 Å². The van der Waals surface area contributed by atoms with Gasteiger partial charge in [-0.15, -0.1) is 10.2 Å². The predicted molar refractivity (Wildman–Crippen MR) is 98.0 cm³/mol. The monoisotopic (exact) mass is 399 g/mol. The van der Waals surface area contributed by atoms with Gasteiger partial charge in [-0.3, -0.25) is 15.0 Å². The lowest BCUT2D eigenvalue weighted by Crippen LogP contribution is -2.48. The van der Waals surface area contributed by atoms with Crippen LogP contribution in [0, 0.1) is 0 Å². The first-order valence-electron chi connectivity index (χ1n) is 8.62. The predicted octanol–water partition coefficient (Wildman–Crippen LogP) is 2.88. The number of amides is 1. The third-order valence-electron chi connectivity index (χ3n) is 4.29. The number of benzene rings is 1. The standard InChI is InChI=1S/C17H20F3N5OS/c1-2-15-22-23-16(27-15)21-14(26)11-24-6-8-25(9-7-24)13-5-3-4-12(10-13)17(18,19)20/h3-5,10H,2,6-9,11H2,1H3,(H,21,23,26). The number of halogens is 3. The minimum atomic E-state index is -4.35. The number of carbonyl (C=O) groups excluding carboxylic acids is 1. The molecule has 1 N–H and O–H groups in total. The molecule has 6 nitrogen and oxygen atoms in total. The van der Waals surface area contributed by atoms with Gasteiger partial charge in [0.1, 0.15) is 5.01 Å². The summed E-state index contributed by atoms with van der Waals surface area (Å²) in [6.45, 7) is 4.51. The molecule has 27 heavy (non-hydrogen) atoms. The second-order valence-electron chi connectivity index (χ2n) is 6.21. The third kappa shape index (κ3) is 5.16. The van der Waals surface area contributed by atoms with Crippen LogP contribution in [-0.4, -0.2) is 53.7 Å². The summed E-state index contributed by atoms with van der Waals surface area (Å²) in [6, 6.07) is 5.34. The third-order valence-corrected chi connectivity index (χ3v) is 5.28. The quantitative estimate of drug-likeness (QED) is 0.838. The summed E-state index contributed by atoms with van der Waals surface area (Å²) in [6.07, 6.45) is -3.58. The molecule has 2 heterocycles. The van der Waals surface area contributed by atoms with Crippen molar-refractivity contribution in [3.05, 3.63) is 34.8 Å². The van der Waals surface area contributed by atoms with E-state index in [9.17, 15) is 18.0 Å². The maximum absolute atomic E-state index is 12.9. The number of aromatic nitrogens is 2. The molecule has 1 aliphatic rings. The number of anilines is 2. The van der Waals surface area contributed by atoms with Crippen LogP contribution in [0.15, 0.2) is 24.3 Å². The average molecular weight is 399 g/mol. The van der Waals surface area contributed by atoms with Crippen LogP contribution in [0.2, 0.25) is 0 Å². The van der Waals surface area contributed by atoms with Crippen LogP contribution in [0.25, 0.3) is 0 Å². The molecule has 1 saturated heterocycles. The lowest BCUT2D eigenvalue weighted by atomic mass is 10.1. The molecule has 1 amide bonds. The number of nitrogens with zero attached hydrogens (tertiary/aromatic N) is 4. The van der Waals surface area contributed by atoms with E-state index >= 15 is 0 Å². The Hall–Kier alpha value is -2.20. The zero-order chi connectivity index (χ0) is 19.4. The van der Waals surface area contributed by atoms with Crippen LogP contribution in [-0.2, 0) is 17.4 Å². The Labute approximate surface area is 159 Å². The second-order valence-corrected chi connectivity index (χ2v) is 7.28. The van der Waals surface area contributed by atoms with Crippen LogP contribution < -0.4 is 10.2 Å². The maximum atomic E-state index is 12.9. The largest absolute Gasteiger partial charge is 0.416 e. The molecule has 0 saturated carbocycles. The summed E-state index contributed by atoms with van der Waals surface area (Å²) in [5, 5.41) is 12.0. The van der Waals surface area contributed by atoms with Crippen molar-refractivity contribution in [2.24, 2.45) is 0 Å². The fourth-order valence-corrected chi connectivity index (χ4v) is 3.55. The zero-order valence-corrected chi connectivity index (χ0v) is 15.6. The lowest BCUT2D eigenvalue weighted by molar-refractivity contribution is -0.137. The van der Waals surface area contributed by atoms with Crippen molar-refractivity contribution < 1.29 is 18.0 Å². The van der Waals surface area contributed by atoms with Gasteiger partial charge in [0.2, 0.25) is 11.0 Å². The van der Waals surface area contributed by atoms with Gasteiger partial charge in [-0.2, -0.15) is 13.2 Å². The smallest absolute Gasteiger partial charge is 0.369 e. The Morgan fingerprint density at radius 3 is 2.59 bits per heavy atom. The Balaban J connectivity index is 1.51. The average Bonchev–Trinajstić information content (AvgIpc) is 3.09. The molecule has 1 aliphatic heterocycles. The van der Waals surface area contributed by atoms with Gasteiger partial charge in [0.05, 0.1) is 12.1 Å². The van der Waals surface area contributed by atoms with E-state index in [1.54, 1.807) is 6.07 Å². The maximum Gasteiger partial charge on any atom is 0.416 e. The molecule has 1 aromatic heterocycles. The molecule has 0 atom stereocenters. The highest BCUT2D eigenvalue weighted by Crippen LogP contribution is 2.31. The van der Waals surface area contributed by atoms with E-state index in [1.165, 1.54) is 23.5 Å². The Kier molecular flexibility index (Phi) is 5.95. The molecule has 0 spiro atoms. The van der Waals surface area contributed by atoms with Gasteiger partial charge < -0.3 is 4.90 Å². The number of alkyl halides is 3. The highest BCUT2D eigenvalue weighted by Gasteiger charge is 2.31. The zero-order valence-electron chi connectivity index (χ0n) is 14.8. The number of hydrogen-bond acceptors (Lipinski definition) is 6. The molecular formula is C17H20F3N5OS. The Bertz CT molecular complexity index is 787. The minimum absolute atomic E-state index is 0.165. The second kappa shape index (κ2) is 8.22. The summed E-state index contributed by atoms with van der Waals surface area (Å²) in [5.41, 5.74) is -0.0970. The van der Waals surface area contributed by atoms with E-state index in [1.807, 2.05) is 16.7 Å². The number of aryl methyl sites for hydroxylation is 1. The van der Waals surface area contributed by atoms with Gasteiger partial charge in [0, 0.05) is 31.9 Å². The fourth-order valence-electron chi connectivity index (χ4n) is 2.85. The van der Waals surface area contributed by atoms with Crippen molar-refractivity contribution in [2.75, 3.05) is 42.9 Å². The molecule has 1 aromatic carbocycles. The summed E-state index contributed by atoms with van der Waals surface area (Å²) in [5.74, 6) is -0.165. The number of rotatable bonds is 5. The molecule has 0 radical (unpaired) electrons. The summed E-state index contributed by atoms with van der Waals surface area (Å²) in [7, 11) is 0. The van der Waals surface area contributed by atoms with Crippen molar-refractivity contribution in [1.29, 1.82) is 0 Å². The lowest BCUT2D eigenvalue weighted by Gasteiger charge is -2.35. The number of carbonyl (C=O) groups is 1. The molecule has 0 aliphatic carbocycles. The van der Waals surface area contributed by atoms with E-state index in [0.29, 0.717) is 37.0 Å². The molecule has 1 fully saturated rings. The SMILES string of the molecule is CCc1nnc(NC(=O)CN2CCN(c3cccc(C(F)(F)F)c3)CC2)s1. The van der Waals surface area contributed by atoms with Crippen molar-refractivity contribution in [3.63, 3.8) is 0 Å². The topological polar surface area (TPSA) is 61.4 Å². The van der Waals surface area contributed by atoms with Crippen LogP contribution in [0.5, 0.6) is 0 Å². The van der Waals surface area contributed by atoms with Gasteiger partial charge in [-0.25, -0.2) is 0 Å². The first-order valence-corrected chi connectivity index (χ1v) is 9.43. The van der Waals surface area contributed by atoms with Crippen LogP contribution >= 0.6 is 11.3 Å². The van der Waals surface area contributed by atoms with Crippen molar-refractivity contribution in [2.45, 2.75) is 19.5 Å². The van der Waals surface area contributed by atoms with Crippen molar-refractivity contribution in [1.82, 2.24) is 15.1 Å². The van der Waals surface area contributed by atoms with Crippen molar-refractivity contribution in [3.8, 4) is 0 Å². The molecular weight excluding hydrogens is 379 g/mol. The summed E-state index contributed by atoms with van der Waals surface area (Å²) >= 11 is 1.35. The van der Waals surface area contributed by atoms with Crippen molar-refractivity contribution >= 4 is 28.1 Å². The van der Waals surface area contributed by atoms with Gasteiger partial charge in [-0.1, -0.05) is 24.3 Å². The number of hydrogen-bond donors (Lipinski definition) is 1. The van der Waals surface area contributed by atoms with E-state index < -0.39 is 11.7 Å². The Morgan fingerprint density at radius 2 is 1.96 bits per heavy atom. The first-order chi connectivity index (χ1) is 12.8. The Morgan fingerprint density at radius 1 is 1.22 bits per heavy atom. The molecule has 0 unspecified atom stereocenters. The van der Waals surface area contributed by atoms with E-state index in [4.69, 9.17) is 0 Å². The van der Waals surface area contributed by atoms with Gasteiger partial charge in [0.25, 0.3) is 0 Å². The minimum Gasteiger partial charge on any atom is -0.369 e. The van der Waals surface area contributed by atoms with Crippen LogP contribution in [0.4, 0.5) is 24.0 Å². The van der Waals surface area contributed by atoms with E-state index in [2.05, 4.69) is 15.5 Å². The number of nitrogens with one attached hydrogen (secondary N) is 1. The van der Waals surface area contributed by atoms with Crippen LogP contribution in [0.1, 0.15) is 17.5 Å². The summed E-state index contributed by atoms with van der Waals surface area (Å²) < 4.78 is 38.6. The molecule has 10 heteroatoms. The van der Waals surface area contributed by atoms with Crippen LogP contribution in [0.3, 0.4) is 0 Å². The molecule has 0 bridgehead atoms. The molecule has 3 rings (SSSR count). The summed E-state index contributed by atoms with van der Waals surface area (Å²) in [4.78, 5) is 16.0. The van der Waals surface area contributed by atoms with Gasteiger partial charge >= 0.3 is 6.18 Å². The highest BCUT2D eigenvalue weighted by atomic mass is 32.1. The number of piperazine rings is 1. The first kappa shape index (κ1) is 19.6. The highest BCUT2D eigenvalue weighted by molar-refractivity contribution is 7.15. The fraction of sp³-hybridized carbons (Fsp3) is 0.471. The van der Waals surface area contributed by atoms with Gasteiger partial charge in [-0.05, 0) is 24.6 Å².